The monoisotopic (exact) mass is 324 g/mol. The third-order valence-corrected chi connectivity index (χ3v) is 3.19. The maximum Gasteiger partial charge on any atom is 0.216 e. The molecule has 0 saturated carbocycles. The molecule has 1 rings (SSSR count). The SMILES string of the molecule is CCCCOCCNC(=NCc1ncc(C(C)(C)C)o1)NCC. The van der Waals surface area contributed by atoms with Crippen molar-refractivity contribution >= 4 is 5.96 Å². The average Bonchev–Trinajstić information content (AvgIpc) is 2.97. The minimum atomic E-state index is -0.0342. The van der Waals surface area contributed by atoms with Gasteiger partial charge in [-0.1, -0.05) is 34.1 Å². The highest BCUT2D eigenvalue weighted by Crippen LogP contribution is 2.22. The van der Waals surface area contributed by atoms with E-state index in [0.717, 1.165) is 44.3 Å². The highest BCUT2D eigenvalue weighted by molar-refractivity contribution is 5.79. The molecular weight excluding hydrogens is 292 g/mol. The van der Waals surface area contributed by atoms with Gasteiger partial charge in [-0.15, -0.1) is 0 Å². The Morgan fingerprint density at radius 1 is 1.26 bits per heavy atom. The van der Waals surface area contributed by atoms with Crippen molar-refractivity contribution in [1.29, 1.82) is 0 Å². The van der Waals surface area contributed by atoms with Crippen LogP contribution in [0.3, 0.4) is 0 Å². The lowest BCUT2D eigenvalue weighted by Gasteiger charge is -2.13. The first-order valence-electron chi connectivity index (χ1n) is 8.52. The number of rotatable bonds is 9. The largest absolute Gasteiger partial charge is 0.443 e. The molecule has 0 aliphatic rings. The van der Waals surface area contributed by atoms with E-state index in [9.17, 15) is 0 Å². The summed E-state index contributed by atoms with van der Waals surface area (Å²) in [4.78, 5) is 8.79. The maximum atomic E-state index is 5.75. The van der Waals surface area contributed by atoms with E-state index >= 15 is 0 Å². The molecule has 0 aliphatic carbocycles. The van der Waals surface area contributed by atoms with Gasteiger partial charge in [0.15, 0.2) is 5.96 Å². The summed E-state index contributed by atoms with van der Waals surface area (Å²) in [5.41, 5.74) is -0.0342. The fraction of sp³-hybridized carbons (Fsp3) is 0.765. The molecule has 23 heavy (non-hydrogen) atoms. The summed E-state index contributed by atoms with van der Waals surface area (Å²) < 4.78 is 11.3. The predicted octanol–water partition coefficient (Wildman–Crippen LogP) is 2.84. The molecule has 0 radical (unpaired) electrons. The number of aromatic nitrogens is 1. The van der Waals surface area contributed by atoms with Gasteiger partial charge < -0.3 is 19.8 Å². The Morgan fingerprint density at radius 3 is 2.65 bits per heavy atom. The van der Waals surface area contributed by atoms with E-state index in [4.69, 9.17) is 9.15 Å². The molecule has 0 amide bonds. The minimum Gasteiger partial charge on any atom is -0.443 e. The van der Waals surface area contributed by atoms with Crippen LogP contribution in [0.2, 0.25) is 0 Å². The summed E-state index contributed by atoms with van der Waals surface area (Å²) in [5.74, 6) is 2.26. The number of hydrogen-bond acceptors (Lipinski definition) is 4. The third-order valence-electron chi connectivity index (χ3n) is 3.19. The summed E-state index contributed by atoms with van der Waals surface area (Å²) in [7, 11) is 0. The zero-order valence-electron chi connectivity index (χ0n) is 15.2. The summed E-state index contributed by atoms with van der Waals surface area (Å²) in [6.45, 7) is 14.0. The van der Waals surface area contributed by atoms with E-state index in [1.165, 1.54) is 0 Å². The average molecular weight is 324 g/mol. The lowest BCUT2D eigenvalue weighted by Crippen LogP contribution is -2.39. The second-order valence-electron chi connectivity index (χ2n) is 6.46. The van der Waals surface area contributed by atoms with Crippen molar-refractivity contribution in [1.82, 2.24) is 15.6 Å². The standard InChI is InChI=1S/C17H32N4O2/c1-6-8-10-22-11-9-19-16(18-7-2)21-13-15-20-12-14(23-15)17(3,4)5/h12H,6-11,13H2,1-5H3,(H2,18,19,21). The van der Waals surface area contributed by atoms with Crippen molar-refractivity contribution in [3.8, 4) is 0 Å². The van der Waals surface area contributed by atoms with Gasteiger partial charge in [-0.3, -0.25) is 0 Å². The van der Waals surface area contributed by atoms with E-state index in [1.54, 1.807) is 6.20 Å². The van der Waals surface area contributed by atoms with Gasteiger partial charge in [-0.05, 0) is 13.3 Å². The molecule has 0 fully saturated rings. The van der Waals surface area contributed by atoms with Crippen molar-refractivity contribution in [2.75, 3.05) is 26.3 Å². The van der Waals surface area contributed by atoms with E-state index in [2.05, 4.69) is 48.3 Å². The first-order valence-corrected chi connectivity index (χ1v) is 8.52. The summed E-state index contributed by atoms with van der Waals surface area (Å²) in [6, 6.07) is 0. The molecule has 0 saturated heterocycles. The topological polar surface area (TPSA) is 71.7 Å². The molecule has 2 N–H and O–H groups in total. The summed E-state index contributed by atoms with van der Waals surface area (Å²) >= 11 is 0. The number of aliphatic imine (C=N–C) groups is 1. The first-order chi connectivity index (χ1) is 11.0. The Balaban J connectivity index is 2.43. The van der Waals surface area contributed by atoms with Gasteiger partial charge in [-0.25, -0.2) is 9.98 Å². The van der Waals surface area contributed by atoms with Gasteiger partial charge in [0.1, 0.15) is 12.3 Å². The molecule has 0 aromatic carbocycles. The zero-order chi connectivity index (χ0) is 17.1. The van der Waals surface area contributed by atoms with Crippen LogP contribution in [0.25, 0.3) is 0 Å². The van der Waals surface area contributed by atoms with Crippen LogP contribution in [-0.4, -0.2) is 37.2 Å². The van der Waals surface area contributed by atoms with Crippen LogP contribution in [0.1, 0.15) is 59.1 Å². The van der Waals surface area contributed by atoms with Crippen molar-refractivity contribution in [2.45, 2.75) is 59.4 Å². The predicted molar refractivity (Wildman–Crippen MR) is 93.7 cm³/mol. The molecule has 0 aliphatic heterocycles. The second kappa shape index (κ2) is 10.3. The third kappa shape index (κ3) is 8.02. The number of hydrogen-bond donors (Lipinski definition) is 2. The Bertz CT molecular complexity index is 463. The minimum absolute atomic E-state index is 0.0342. The van der Waals surface area contributed by atoms with E-state index in [-0.39, 0.29) is 5.41 Å². The van der Waals surface area contributed by atoms with Crippen LogP contribution in [0.15, 0.2) is 15.6 Å². The highest BCUT2D eigenvalue weighted by atomic mass is 16.5. The fourth-order valence-corrected chi connectivity index (χ4v) is 1.81. The number of nitrogens with one attached hydrogen (secondary N) is 2. The fourth-order valence-electron chi connectivity index (χ4n) is 1.81. The van der Waals surface area contributed by atoms with E-state index in [1.807, 2.05) is 6.92 Å². The van der Waals surface area contributed by atoms with Crippen molar-refractivity contribution in [2.24, 2.45) is 4.99 Å². The number of unbranched alkanes of at least 4 members (excludes halogenated alkanes) is 1. The zero-order valence-corrected chi connectivity index (χ0v) is 15.2. The molecule has 0 spiro atoms. The van der Waals surface area contributed by atoms with Crippen molar-refractivity contribution in [3.05, 3.63) is 17.8 Å². The second-order valence-corrected chi connectivity index (χ2v) is 6.46. The van der Waals surface area contributed by atoms with Crippen LogP contribution >= 0.6 is 0 Å². The van der Waals surface area contributed by atoms with Crippen molar-refractivity contribution < 1.29 is 9.15 Å². The molecule has 0 bridgehead atoms. The Hall–Kier alpha value is -1.56. The van der Waals surface area contributed by atoms with Gasteiger partial charge in [0, 0.05) is 25.1 Å². The van der Waals surface area contributed by atoms with Crippen LogP contribution in [0.5, 0.6) is 0 Å². The van der Waals surface area contributed by atoms with Crippen molar-refractivity contribution in [3.63, 3.8) is 0 Å². The molecule has 132 valence electrons. The normalized spacial score (nSPS) is 12.5. The van der Waals surface area contributed by atoms with Crippen LogP contribution in [-0.2, 0) is 16.7 Å². The molecular formula is C17H32N4O2. The van der Waals surface area contributed by atoms with E-state index < -0.39 is 0 Å². The molecule has 0 atom stereocenters. The Labute approximate surface area is 140 Å². The van der Waals surface area contributed by atoms with Gasteiger partial charge in [-0.2, -0.15) is 0 Å². The van der Waals surface area contributed by atoms with Crippen LogP contribution in [0.4, 0.5) is 0 Å². The highest BCUT2D eigenvalue weighted by Gasteiger charge is 2.18. The molecule has 6 heteroatoms. The number of ether oxygens (including phenoxy) is 1. The van der Waals surface area contributed by atoms with Gasteiger partial charge >= 0.3 is 0 Å². The lowest BCUT2D eigenvalue weighted by molar-refractivity contribution is 0.136. The van der Waals surface area contributed by atoms with Gasteiger partial charge in [0.25, 0.3) is 0 Å². The lowest BCUT2D eigenvalue weighted by atomic mass is 9.94. The molecule has 0 unspecified atom stereocenters. The van der Waals surface area contributed by atoms with Gasteiger partial charge in [0.2, 0.25) is 5.89 Å². The van der Waals surface area contributed by atoms with E-state index in [0.29, 0.717) is 19.0 Å². The molecule has 1 aromatic rings. The quantitative estimate of drug-likeness (QED) is 0.415. The molecule has 6 nitrogen and oxygen atoms in total. The number of guanidine groups is 1. The molecule has 1 aromatic heterocycles. The number of nitrogens with zero attached hydrogens (tertiary/aromatic N) is 2. The van der Waals surface area contributed by atoms with Crippen LogP contribution in [0, 0.1) is 0 Å². The Morgan fingerprint density at radius 2 is 2.04 bits per heavy atom. The maximum absolute atomic E-state index is 5.75. The first kappa shape index (κ1) is 19.5. The van der Waals surface area contributed by atoms with Crippen LogP contribution < -0.4 is 10.6 Å². The molecule has 1 heterocycles. The Kier molecular flexibility index (Phi) is 8.69. The summed E-state index contributed by atoms with van der Waals surface area (Å²) in [6.07, 6.45) is 4.05. The number of oxazole rings is 1. The smallest absolute Gasteiger partial charge is 0.216 e. The van der Waals surface area contributed by atoms with Gasteiger partial charge in [0.05, 0.1) is 12.8 Å². The summed E-state index contributed by atoms with van der Waals surface area (Å²) in [5, 5.41) is 6.46.